The molecule has 3 rings (SSSR count). The zero-order chi connectivity index (χ0) is 20.6. The number of rotatable bonds is 8. The first-order chi connectivity index (χ1) is 14.1. The smallest absolute Gasteiger partial charge is 0.341 e. The van der Waals surface area contributed by atoms with E-state index >= 15 is 0 Å². The van der Waals surface area contributed by atoms with E-state index in [1.165, 1.54) is 39.6 Å². The minimum absolute atomic E-state index is 0.0556. The van der Waals surface area contributed by atoms with Crippen molar-refractivity contribution in [3.8, 4) is 0 Å². The molecule has 1 N–H and O–H groups in total. The fraction of sp³-hybridized carbons (Fsp3) is 0.682. The summed E-state index contributed by atoms with van der Waals surface area (Å²) in [5.41, 5.74) is 0.956. The molecule has 1 aromatic heterocycles. The second-order valence-electron chi connectivity index (χ2n) is 8.18. The molecule has 7 heteroatoms. The number of carbonyl (C=O) groups excluding carboxylic acids is 2. The molecule has 3 heterocycles. The van der Waals surface area contributed by atoms with E-state index in [1.807, 2.05) is 6.92 Å². The Balaban J connectivity index is 1.64. The average Bonchev–Trinajstić information content (AvgIpc) is 3.25. The number of unbranched alkanes of at least 4 members (excludes halogenated alkanes) is 1. The van der Waals surface area contributed by atoms with Gasteiger partial charge in [-0.05, 0) is 57.2 Å². The van der Waals surface area contributed by atoms with Crippen LogP contribution in [0, 0.1) is 5.92 Å². The van der Waals surface area contributed by atoms with E-state index in [0.29, 0.717) is 29.4 Å². The standard InChI is InChI=1S/C22H34N4O3/c1-3-4-7-20(27)24-18-14-19(22(28)29-2)21(23-15-18)26-12-8-17(9-13-26)16-25-10-5-6-11-25/h14-15,17H,3-13,16H2,1-2H3,(H,24,27). The molecule has 0 spiro atoms. The van der Waals surface area contributed by atoms with Crippen molar-refractivity contribution in [2.45, 2.75) is 51.9 Å². The van der Waals surface area contributed by atoms with Gasteiger partial charge in [-0.2, -0.15) is 0 Å². The molecule has 0 bridgehead atoms. The maximum atomic E-state index is 12.4. The van der Waals surface area contributed by atoms with E-state index < -0.39 is 5.97 Å². The highest BCUT2D eigenvalue weighted by Gasteiger charge is 2.26. The number of ether oxygens (including phenoxy) is 1. The molecular formula is C22H34N4O3. The molecule has 0 saturated carbocycles. The Hall–Kier alpha value is -2.15. The number of carbonyl (C=O) groups is 2. The summed E-state index contributed by atoms with van der Waals surface area (Å²) in [5.74, 6) is 0.891. The van der Waals surface area contributed by atoms with Crippen molar-refractivity contribution in [2.75, 3.05) is 50.1 Å². The van der Waals surface area contributed by atoms with Gasteiger partial charge in [0.05, 0.1) is 19.0 Å². The van der Waals surface area contributed by atoms with Gasteiger partial charge in [-0.3, -0.25) is 4.79 Å². The van der Waals surface area contributed by atoms with E-state index in [1.54, 1.807) is 12.3 Å². The van der Waals surface area contributed by atoms with Crippen LogP contribution >= 0.6 is 0 Å². The van der Waals surface area contributed by atoms with Crippen LogP contribution in [0.5, 0.6) is 0 Å². The Kier molecular flexibility index (Phi) is 7.86. The number of hydrogen-bond acceptors (Lipinski definition) is 6. The van der Waals surface area contributed by atoms with Crippen molar-refractivity contribution >= 4 is 23.4 Å². The van der Waals surface area contributed by atoms with Crippen LogP contribution in [0.15, 0.2) is 12.3 Å². The fourth-order valence-electron chi connectivity index (χ4n) is 4.26. The van der Waals surface area contributed by atoms with Crippen LogP contribution in [-0.2, 0) is 9.53 Å². The van der Waals surface area contributed by atoms with Gasteiger partial charge in [0, 0.05) is 26.1 Å². The molecule has 0 aromatic carbocycles. The maximum absolute atomic E-state index is 12.4. The number of hydrogen-bond donors (Lipinski definition) is 1. The van der Waals surface area contributed by atoms with Crippen LogP contribution in [0.1, 0.15) is 62.2 Å². The number of amides is 1. The Bertz CT molecular complexity index is 695. The summed E-state index contributed by atoms with van der Waals surface area (Å²) in [7, 11) is 1.38. The fourth-order valence-corrected chi connectivity index (χ4v) is 4.26. The lowest BCUT2D eigenvalue weighted by molar-refractivity contribution is -0.116. The van der Waals surface area contributed by atoms with Gasteiger partial charge >= 0.3 is 5.97 Å². The lowest BCUT2D eigenvalue weighted by atomic mass is 9.96. The number of methoxy groups -OCH3 is 1. The molecular weight excluding hydrogens is 368 g/mol. The number of nitrogens with zero attached hydrogens (tertiary/aromatic N) is 3. The SMILES string of the molecule is CCCCC(=O)Nc1cnc(N2CCC(CN3CCCC3)CC2)c(C(=O)OC)c1. The number of piperidine rings is 1. The monoisotopic (exact) mass is 402 g/mol. The molecule has 2 saturated heterocycles. The summed E-state index contributed by atoms with van der Waals surface area (Å²) >= 11 is 0. The summed E-state index contributed by atoms with van der Waals surface area (Å²) in [5, 5.41) is 2.84. The molecule has 0 unspecified atom stereocenters. The Morgan fingerprint density at radius 2 is 1.93 bits per heavy atom. The van der Waals surface area contributed by atoms with Crippen LogP contribution in [-0.4, -0.2) is 61.6 Å². The third kappa shape index (κ3) is 5.92. The van der Waals surface area contributed by atoms with Crippen molar-refractivity contribution in [2.24, 2.45) is 5.92 Å². The van der Waals surface area contributed by atoms with Gasteiger partial charge in [0.25, 0.3) is 0 Å². The molecule has 29 heavy (non-hydrogen) atoms. The van der Waals surface area contributed by atoms with Crippen LogP contribution in [0.4, 0.5) is 11.5 Å². The van der Waals surface area contributed by atoms with Crippen molar-refractivity contribution in [3.63, 3.8) is 0 Å². The van der Waals surface area contributed by atoms with E-state index in [-0.39, 0.29) is 5.91 Å². The predicted octanol–water partition coefficient (Wildman–Crippen LogP) is 3.31. The van der Waals surface area contributed by atoms with Gasteiger partial charge in [0.15, 0.2) is 0 Å². The van der Waals surface area contributed by atoms with E-state index in [2.05, 4.69) is 20.1 Å². The van der Waals surface area contributed by atoms with E-state index in [4.69, 9.17) is 4.74 Å². The van der Waals surface area contributed by atoms with Crippen LogP contribution in [0.2, 0.25) is 0 Å². The largest absolute Gasteiger partial charge is 0.465 e. The Labute approximate surface area is 173 Å². The zero-order valence-corrected chi connectivity index (χ0v) is 17.8. The van der Waals surface area contributed by atoms with Crippen molar-refractivity contribution in [3.05, 3.63) is 17.8 Å². The molecule has 0 atom stereocenters. The molecule has 2 aliphatic rings. The molecule has 2 aliphatic heterocycles. The van der Waals surface area contributed by atoms with Crippen molar-refractivity contribution in [1.29, 1.82) is 0 Å². The van der Waals surface area contributed by atoms with Crippen LogP contribution in [0.3, 0.4) is 0 Å². The Morgan fingerprint density at radius 1 is 1.21 bits per heavy atom. The van der Waals surface area contributed by atoms with Gasteiger partial charge < -0.3 is 19.9 Å². The maximum Gasteiger partial charge on any atom is 0.341 e. The van der Waals surface area contributed by atoms with Gasteiger partial charge in [0.1, 0.15) is 11.4 Å². The number of aromatic nitrogens is 1. The van der Waals surface area contributed by atoms with Gasteiger partial charge in [-0.1, -0.05) is 13.3 Å². The summed E-state index contributed by atoms with van der Waals surface area (Å²) in [6.45, 7) is 7.48. The summed E-state index contributed by atoms with van der Waals surface area (Å²) in [4.78, 5) is 33.7. The molecule has 0 aliphatic carbocycles. The molecule has 160 valence electrons. The first-order valence-corrected chi connectivity index (χ1v) is 11.0. The molecule has 2 fully saturated rings. The average molecular weight is 403 g/mol. The summed E-state index contributed by atoms with van der Waals surface area (Å²) < 4.78 is 4.98. The van der Waals surface area contributed by atoms with Gasteiger partial charge in [-0.15, -0.1) is 0 Å². The lowest BCUT2D eigenvalue weighted by Crippen LogP contribution is -2.39. The third-order valence-corrected chi connectivity index (χ3v) is 5.94. The van der Waals surface area contributed by atoms with Crippen molar-refractivity contribution < 1.29 is 14.3 Å². The minimum Gasteiger partial charge on any atom is -0.465 e. The van der Waals surface area contributed by atoms with Crippen LogP contribution < -0.4 is 10.2 Å². The Morgan fingerprint density at radius 3 is 2.59 bits per heavy atom. The number of esters is 1. The lowest BCUT2D eigenvalue weighted by Gasteiger charge is -2.35. The third-order valence-electron chi connectivity index (χ3n) is 5.94. The highest BCUT2D eigenvalue weighted by molar-refractivity contribution is 5.97. The quantitative estimate of drug-likeness (QED) is 0.673. The number of nitrogens with one attached hydrogen (secondary N) is 1. The van der Waals surface area contributed by atoms with Crippen molar-refractivity contribution in [1.82, 2.24) is 9.88 Å². The van der Waals surface area contributed by atoms with Gasteiger partial charge in [0.2, 0.25) is 5.91 Å². The van der Waals surface area contributed by atoms with E-state index in [9.17, 15) is 9.59 Å². The second-order valence-corrected chi connectivity index (χ2v) is 8.18. The van der Waals surface area contributed by atoms with E-state index in [0.717, 1.165) is 38.8 Å². The molecule has 0 radical (unpaired) electrons. The van der Waals surface area contributed by atoms with Crippen LogP contribution in [0.25, 0.3) is 0 Å². The molecule has 1 aromatic rings. The van der Waals surface area contributed by atoms with Gasteiger partial charge in [-0.25, -0.2) is 9.78 Å². The highest BCUT2D eigenvalue weighted by atomic mass is 16.5. The minimum atomic E-state index is -0.420. The first-order valence-electron chi connectivity index (χ1n) is 11.0. The second kappa shape index (κ2) is 10.6. The molecule has 1 amide bonds. The highest BCUT2D eigenvalue weighted by Crippen LogP contribution is 2.28. The number of pyridine rings is 1. The topological polar surface area (TPSA) is 74.8 Å². The summed E-state index contributed by atoms with van der Waals surface area (Å²) in [6.07, 6.45) is 8.78. The summed E-state index contributed by atoms with van der Waals surface area (Å²) in [6, 6.07) is 1.69. The number of likely N-dealkylation sites (tertiary alicyclic amines) is 1. The first kappa shape index (κ1) is 21.6. The zero-order valence-electron chi connectivity index (χ0n) is 17.8. The normalized spacial score (nSPS) is 18.1. The molecule has 7 nitrogen and oxygen atoms in total. The number of anilines is 2. The predicted molar refractivity (Wildman–Crippen MR) is 114 cm³/mol.